The molecular weight excluding hydrogens is 400 g/mol. The summed E-state index contributed by atoms with van der Waals surface area (Å²) in [5.41, 5.74) is 3.81. The Kier molecular flexibility index (Phi) is 3.75. The second-order valence-corrected chi connectivity index (χ2v) is 9.01. The summed E-state index contributed by atoms with van der Waals surface area (Å²) in [6, 6.07) is 35.6. The van der Waals surface area contributed by atoms with Gasteiger partial charge in [0, 0.05) is 10.8 Å². The molecule has 0 radical (unpaired) electrons. The van der Waals surface area contributed by atoms with E-state index in [4.69, 9.17) is 4.74 Å². The van der Waals surface area contributed by atoms with Gasteiger partial charge in [-0.05, 0) is 78.8 Å². The molecule has 0 aliphatic rings. The van der Waals surface area contributed by atoms with Crippen molar-refractivity contribution in [2.75, 3.05) is 7.11 Å². The van der Waals surface area contributed by atoms with E-state index in [1.165, 1.54) is 59.8 Å². The second kappa shape index (κ2) is 6.70. The molecule has 0 heterocycles. The Bertz CT molecular complexity index is 1740. The number of hydrogen-bond donors (Lipinski definition) is 0. The SMILES string of the molecule is COc1c2ccccc2c(-c2cc3ccc4cc(C)cc5ccc(c2)c3c45)c2ccccc12. The van der Waals surface area contributed by atoms with Gasteiger partial charge < -0.3 is 4.74 Å². The normalized spacial score (nSPS) is 11.9. The summed E-state index contributed by atoms with van der Waals surface area (Å²) in [6.45, 7) is 2.17. The zero-order valence-electron chi connectivity index (χ0n) is 18.6. The van der Waals surface area contributed by atoms with Crippen LogP contribution in [0.15, 0.2) is 97.1 Å². The highest BCUT2D eigenvalue weighted by Crippen LogP contribution is 2.45. The largest absolute Gasteiger partial charge is 0.495 e. The summed E-state index contributed by atoms with van der Waals surface area (Å²) >= 11 is 0. The number of methoxy groups -OCH3 is 1. The fourth-order valence-corrected chi connectivity index (χ4v) is 5.76. The Morgan fingerprint density at radius 3 is 1.39 bits per heavy atom. The summed E-state index contributed by atoms with van der Waals surface area (Å²) in [6.07, 6.45) is 0. The van der Waals surface area contributed by atoms with Crippen LogP contribution in [-0.2, 0) is 0 Å². The van der Waals surface area contributed by atoms with Gasteiger partial charge in [-0.25, -0.2) is 0 Å². The molecule has 0 saturated carbocycles. The molecule has 0 saturated heterocycles. The number of benzene rings is 7. The summed E-state index contributed by atoms with van der Waals surface area (Å²) in [4.78, 5) is 0. The lowest BCUT2D eigenvalue weighted by molar-refractivity contribution is 0.424. The third-order valence-electron chi connectivity index (χ3n) is 7.05. The fraction of sp³-hybridized carbons (Fsp3) is 0.0625. The van der Waals surface area contributed by atoms with Crippen LogP contribution in [0, 0.1) is 6.92 Å². The van der Waals surface area contributed by atoms with Crippen LogP contribution in [0.5, 0.6) is 5.75 Å². The van der Waals surface area contributed by atoms with E-state index in [0.29, 0.717) is 0 Å². The first-order valence-corrected chi connectivity index (χ1v) is 11.4. The van der Waals surface area contributed by atoms with Crippen molar-refractivity contribution in [2.45, 2.75) is 6.92 Å². The maximum atomic E-state index is 5.90. The molecule has 33 heavy (non-hydrogen) atoms. The maximum Gasteiger partial charge on any atom is 0.134 e. The van der Waals surface area contributed by atoms with Crippen LogP contribution < -0.4 is 4.74 Å². The van der Waals surface area contributed by atoms with Gasteiger partial charge >= 0.3 is 0 Å². The highest BCUT2D eigenvalue weighted by molar-refractivity contribution is 6.25. The van der Waals surface area contributed by atoms with E-state index in [0.717, 1.165) is 16.5 Å². The first kappa shape index (κ1) is 18.5. The molecule has 0 spiro atoms. The van der Waals surface area contributed by atoms with E-state index in [2.05, 4.69) is 104 Å². The monoisotopic (exact) mass is 422 g/mol. The van der Waals surface area contributed by atoms with Gasteiger partial charge in [-0.3, -0.25) is 0 Å². The molecular formula is C32H22O. The first-order chi connectivity index (χ1) is 16.2. The van der Waals surface area contributed by atoms with Gasteiger partial charge in [-0.2, -0.15) is 0 Å². The molecule has 0 aliphatic heterocycles. The summed E-state index contributed by atoms with van der Waals surface area (Å²) < 4.78 is 5.90. The van der Waals surface area contributed by atoms with Crippen molar-refractivity contribution in [3.8, 4) is 16.9 Å². The molecule has 0 N–H and O–H groups in total. The fourth-order valence-electron chi connectivity index (χ4n) is 5.76. The van der Waals surface area contributed by atoms with Gasteiger partial charge in [0.05, 0.1) is 7.11 Å². The minimum absolute atomic E-state index is 0.943. The van der Waals surface area contributed by atoms with Gasteiger partial charge in [-0.15, -0.1) is 0 Å². The Hall–Kier alpha value is -4.10. The number of hydrogen-bond acceptors (Lipinski definition) is 1. The van der Waals surface area contributed by atoms with E-state index in [1.54, 1.807) is 7.11 Å². The smallest absolute Gasteiger partial charge is 0.134 e. The standard InChI is InChI=1S/C32H22O/c1-19-15-20-11-13-22-17-24(18-23-14-12-21(16-19)29(20)30(22)23)31-25-7-3-5-9-27(25)32(33-2)28-10-6-4-8-26(28)31/h3-18H,1-2H3. The highest BCUT2D eigenvalue weighted by atomic mass is 16.5. The number of aryl methyl sites for hydroxylation is 1. The third-order valence-corrected chi connectivity index (χ3v) is 7.05. The van der Waals surface area contributed by atoms with Gasteiger partial charge in [-0.1, -0.05) is 84.9 Å². The third kappa shape index (κ3) is 2.54. The average molecular weight is 423 g/mol. The van der Waals surface area contributed by atoms with Gasteiger partial charge in [0.25, 0.3) is 0 Å². The van der Waals surface area contributed by atoms with Crippen molar-refractivity contribution in [3.05, 3.63) is 103 Å². The van der Waals surface area contributed by atoms with E-state index >= 15 is 0 Å². The van der Waals surface area contributed by atoms with Crippen molar-refractivity contribution in [2.24, 2.45) is 0 Å². The lowest BCUT2D eigenvalue weighted by Gasteiger charge is -2.18. The minimum atomic E-state index is 0.943. The quantitative estimate of drug-likeness (QED) is 0.200. The van der Waals surface area contributed by atoms with Crippen molar-refractivity contribution < 1.29 is 4.74 Å². The van der Waals surface area contributed by atoms with Crippen LogP contribution in [0.2, 0.25) is 0 Å². The molecule has 0 atom stereocenters. The Morgan fingerprint density at radius 1 is 0.515 bits per heavy atom. The Labute approximate surface area is 192 Å². The van der Waals surface area contributed by atoms with Crippen molar-refractivity contribution in [1.29, 1.82) is 0 Å². The van der Waals surface area contributed by atoms with Crippen LogP contribution in [-0.4, -0.2) is 7.11 Å². The summed E-state index contributed by atoms with van der Waals surface area (Å²) in [7, 11) is 1.77. The lowest BCUT2D eigenvalue weighted by atomic mass is 9.87. The summed E-state index contributed by atoms with van der Waals surface area (Å²) in [5.74, 6) is 0.943. The molecule has 0 aromatic heterocycles. The second-order valence-electron chi connectivity index (χ2n) is 9.01. The molecule has 0 fully saturated rings. The van der Waals surface area contributed by atoms with Crippen molar-refractivity contribution in [3.63, 3.8) is 0 Å². The lowest BCUT2D eigenvalue weighted by Crippen LogP contribution is -1.92. The zero-order chi connectivity index (χ0) is 22.1. The van der Waals surface area contributed by atoms with Gasteiger partial charge in [0.1, 0.15) is 5.75 Å². The van der Waals surface area contributed by atoms with Crippen LogP contribution in [0.25, 0.3) is 65.0 Å². The Balaban J connectivity index is 1.65. The van der Waals surface area contributed by atoms with E-state index in [-0.39, 0.29) is 0 Å². The summed E-state index contributed by atoms with van der Waals surface area (Å²) in [5, 5.41) is 12.7. The predicted octanol–water partition coefficient (Wildman–Crippen LogP) is 8.87. The molecule has 0 bridgehead atoms. The van der Waals surface area contributed by atoms with Crippen LogP contribution in [0.4, 0.5) is 0 Å². The molecule has 1 nitrogen and oxygen atoms in total. The molecule has 1 heteroatoms. The van der Waals surface area contributed by atoms with Crippen LogP contribution >= 0.6 is 0 Å². The van der Waals surface area contributed by atoms with Crippen molar-refractivity contribution in [1.82, 2.24) is 0 Å². The zero-order valence-corrected chi connectivity index (χ0v) is 18.6. The molecule has 7 rings (SSSR count). The van der Waals surface area contributed by atoms with Crippen LogP contribution in [0.1, 0.15) is 5.56 Å². The highest BCUT2D eigenvalue weighted by Gasteiger charge is 2.17. The van der Waals surface area contributed by atoms with E-state index in [9.17, 15) is 0 Å². The molecule has 7 aromatic carbocycles. The minimum Gasteiger partial charge on any atom is -0.495 e. The molecule has 7 aromatic rings. The molecule has 156 valence electrons. The van der Waals surface area contributed by atoms with E-state index in [1.807, 2.05) is 0 Å². The number of rotatable bonds is 2. The van der Waals surface area contributed by atoms with E-state index < -0.39 is 0 Å². The molecule has 0 aliphatic carbocycles. The topological polar surface area (TPSA) is 9.23 Å². The van der Waals surface area contributed by atoms with Gasteiger partial charge in [0.2, 0.25) is 0 Å². The van der Waals surface area contributed by atoms with Crippen molar-refractivity contribution >= 4 is 53.9 Å². The first-order valence-electron chi connectivity index (χ1n) is 11.4. The van der Waals surface area contributed by atoms with Gasteiger partial charge in [0.15, 0.2) is 0 Å². The predicted molar refractivity (Wildman–Crippen MR) is 142 cm³/mol. The molecule has 0 amide bonds. The molecule has 0 unspecified atom stereocenters. The average Bonchev–Trinajstić information content (AvgIpc) is 2.85. The number of fused-ring (bicyclic) bond motifs is 2. The maximum absolute atomic E-state index is 5.90. The van der Waals surface area contributed by atoms with Crippen LogP contribution in [0.3, 0.4) is 0 Å². The number of ether oxygens (including phenoxy) is 1. The Morgan fingerprint density at radius 2 is 0.939 bits per heavy atom.